The molecule has 0 saturated carbocycles. The van der Waals surface area contributed by atoms with Crippen LogP contribution >= 0.6 is 11.6 Å². The van der Waals surface area contributed by atoms with Crippen LogP contribution in [0, 0.1) is 18.3 Å². The molecular weight excluding hydrogens is 314 g/mol. The number of pyridine rings is 1. The molecule has 23 heavy (non-hydrogen) atoms. The first-order valence-corrected chi connectivity index (χ1v) is 7.53. The van der Waals surface area contributed by atoms with Gasteiger partial charge in [0.05, 0.1) is 22.7 Å². The minimum absolute atomic E-state index is 0.225. The molecular formula is C17H14ClN3O2. The van der Waals surface area contributed by atoms with Crippen molar-refractivity contribution in [2.24, 2.45) is 0 Å². The Morgan fingerprint density at radius 2 is 2.26 bits per heavy atom. The number of nitrogens with zero attached hydrogens (tertiary/aromatic N) is 3. The molecule has 0 saturated heterocycles. The van der Waals surface area contributed by atoms with Crippen LogP contribution in [0.1, 0.15) is 23.6 Å². The molecule has 116 valence electrons. The SMILES string of the molecule is CC(=O)OCCc1c(C)c(C#N)c2nc3ccccn3c2c1Cl. The lowest BCUT2D eigenvalue weighted by Gasteiger charge is -2.12. The van der Waals surface area contributed by atoms with Gasteiger partial charge < -0.3 is 4.74 Å². The van der Waals surface area contributed by atoms with Gasteiger partial charge in [-0.2, -0.15) is 5.26 Å². The monoisotopic (exact) mass is 327 g/mol. The van der Waals surface area contributed by atoms with E-state index in [1.807, 2.05) is 35.7 Å². The predicted octanol–water partition coefficient (Wildman–Crippen LogP) is 3.43. The van der Waals surface area contributed by atoms with E-state index in [4.69, 9.17) is 16.3 Å². The second-order valence-electron chi connectivity index (χ2n) is 5.23. The Kier molecular flexibility index (Phi) is 3.93. The van der Waals surface area contributed by atoms with Gasteiger partial charge in [-0.25, -0.2) is 4.98 Å². The smallest absolute Gasteiger partial charge is 0.302 e. The number of halogens is 1. The van der Waals surface area contributed by atoms with E-state index in [0.717, 1.165) is 16.8 Å². The third kappa shape index (κ3) is 2.51. The summed E-state index contributed by atoms with van der Waals surface area (Å²) in [5.74, 6) is -0.338. The Bertz CT molecular complexity index is 970. The van der Waals surface area contributed by atoms with Gasteiger partial charge in [-0.1, -0.05) is 17.7 Å². The zero-order chi connectivity index (χ0) is 16.6. The van der Waals surface area contributed by atoms with Crippen molar-refractivity contribution in [1.29, 1.82) is 5.26 Å². The van der Waals surface area contributed by atoms with Gasteiger partial charge in [-0.15, -0.1) is 0 Å². The van der Waals surface area contributed by atoms with Crippen molar-refractivity contribution in [3.8, 4) is 6.07 Å². The van der Waals surface area contributed by atoms with Crippen molar-refractivity contribution in [3.63, 3.8) is 0 Å². The van der Waals surface area contributed by atoms with Gasteiger partial charge in [0.25, 0.3) is 0 Å². The van der Waals surface area contributed by atoms with Gasteiger partial charge in [0.15, 0.2) is 0 Å². The number of hydrogen-bond acceptors (Lipinski definition) is 4. The maximum Gasteiger partial charge on any atom is 0.302 e. The molecule has 0 N–H and O–H groups in total. The van der Waals surface area contributed by atoms with E-state index < -0.39 is 0 Å². The topological polar surface area (TPSA) is 67.4 Å². The van der Waals surface area contributed by atoms with Crippen molar-refractivity contribution >= 4 is 34.3 Å². The highest BCUT2D eigenvalue weighted by Crippen LogP contribution is 2.34. The molecule has 6 heteroatoms. The first-order valence-electron chi connectivity index (χ1n) is 7.15. The van der Waals surface area contributed by atoms with Gasteiger partial charge in [-0.05, 0) is 30.2 Å². The summed E-state index contributed by atoms with van der Waals surface area (Å²) < 4.78 is 6.88. The zero-order valence-electron chi connectivity index (χ0n) is 12.8. The molecule has 0 spiro atoms. The van der Waals surface area contributed by atoms with Crippen molar-refractivity contribution in [1.82, 2.24) is 9.38 Å². The fourth-order valence-electron chi connectivity index (χ4n) is 2.75. The second-order valence-corrected chi connectivity index (χ2v) is 5.61. The summed E-state index contributed by atoms with van der Waals surface area (Å²) in [7, 11) is 0. The number of esters is 1. The molecule has 0 aliphatic heterocycles. The van der Waals surface area contributed by atoms with Gasteiger partial charge in [0.2, 0.25) is 0 Å². The lowest BCUT2D eigenvalue weighted by atomic mass is 9.99. The molecule has 0 aliphatic rings. The van der Waals surface area contributed by atoms with E-state index in [9.17, 15) is 10.1 Å². The molecule has 0 fully saturated rings. The number of hydrogen-bond donors (Lipinski definition) is 0. The van der Waals surface area contributed by atoms with Gasteiger partial charge in [0.1, 0.15) is 17.2 Å². The lowest BCUT2D eigenvalue weighted by molar-refractivity contribution is -0.140. The van der Waals surface area contributed by atoms with Crippen molar-refractivity contribution in [2.75, 3.05) is 6.61 Å². The van der Waals surface area contributed by atoms with Crippen LogP contribution in [-0.4, -0.2) is 22.0 Å². The van der Waals surface area contributed by atoms with E-state index in [-0.39, 0.29) is 12.6 Å². The molecule has 0 unspecified atom stereocenters. The Labute approximate surface area is 138 Å². The first-order chi connectivity index (χ1) is 11.0. The Hall–Kier alpha value is -2.58. The maximum absolute atomic E-state index is 11.0. The molecule has 1 aromatic carbocycles. The van der Waals surface area contributed by atoms with E-state index in [2.05, 4.69) is 11.1 Å². The van der Waals surface area contributed by atoms with Crippen LogP contribution in [0.5, 0.6) is 0 Å². The quantitative estimate of drug-likeness (QED) is 0.691. The van der Waals surface area contributed by atoms with Crippen LogP contribution in [0.3, 0.4) is 0 Å². The minimum atomic E-state index is -0.338. The number of carbonyl (C=O) groups is 1. The average molecular weight is 328 g/mol. The van der Waals surface area contributed by atoms with Crippen molar-refractivity contribution in [3.05, 3.63) is 46.1 Å². The Morgan fingerprint density at radius 1 is 1.48 bits per heavy atom. The summed E-state index contributed by atoms with van der Waals surface area (Å²) in [4.78, 5) is 15.5. The molecule has 0 bridgehead atoms. The van der Waals surface area contributed by atoms with E-state index in [1.165, 1.54) is 6.92 Å². The number of fused-ring (bicyclic) bond motifs is 3. The predicted molar refractivity (Wildman–Crippen MR) is 87.5 cm³/mol. The zero-order valence-corrected chi connectivity index (χ0v) is 13.5. The van der Waals surface area contributed by atoms with Crippen LogP contribution in [0.25, 0.3) is 16.7 Å². The summed E-state index contributed by atoms with van der Waals surface area (Å²) >= 11 is 6.60. The van der Waals surface area contributed by atoms with Crippen LogP contribution < -0.4 is 0 Å². The summed E-state index contributed by atoms with van der Waals surface area (Å²) in [6, 6.07) is 7.86. The minimum Gasteiger partial charge on any atom is -0.466 e. The maximum atomic E-state index is 11.0. The second kappa shape index (κ2) is 5.90. The molecule has 3 aromatic rings. The van der Waals surface area contributed by atoms with Gasteiger partial charge in [0, 0.05) is 19.5 Å². The van der Waals surface area contributed by atoms with E-state index >= 15 is 0 Å². The van der Waals surface area contributed by atoms with Crippen LogP contribution in [0.2, 0.25) is 5.02 Å². The molecule has 2 heterocycles. The largest absolute Gasteiger partial charge is 0.466 e. The molecule has 0 radical (unpaired) electrons. The highest BCUT2D eigenvalue weighted by Gasteiger charge is 2.20. The number of nitriles is 1. The summed E-state index contributed by atoms with van der Waals surface area (Å²) in [5, 5.41) is 10.1. The number of aromatic nitrogens is 2. The Balaban J connectivity index is 2.26. The van der Waals surface area contributed by atoms with E-state index in [0.29, 0.717) is 28.0 Å². The average Bonchev–Trinajstić information content (AvgIpc) is 2.90. The molecule has 3 rings (SSSR count). The normalized spacial score (nSPS) is 10.9. The lowest BCUT2D eigenvalue weighted by Crippen LogP contribution is -2.06. The highest BCUT2D eigenvalue weighted by atomic mass is 35.5. The molecule has 0 atom stereocenters. The third-order valence-corrected chi connectivity index (χ3v) is 4.24. The standard InChI is InChI=1S/C17H14ClN3O2/c1-10-12(6-8-23-11(2)22)15(18)17-16(13(10)9-19)20-14-5-3-4-7-21(14)17/h3-5,7H,6,8H2,1-2H3. The van der Waals surface area contributed by atoms with Gasteiger partial charge >= 0.3 is 5.97 Å². The number of carbonyl (C=O) groups excluding carboxylic acids is 1. The molecule has 5 nitrogen and oxygen atoms in total. The molecule has 0 aliphatic carbocycles. The number of ether oxygens (including phenoxy) is 1. The van der Waals surface area contributed by atoms with Crippen LogP contribution in [0.4, 0.5) is 0 Å². The van der Waals surface area contributed by atoms with Gasteiger partial charge in [-0.3, -0.25) is 9.20 Å². The Morgan fingerprint density at radius 3 is 2.96 bits per heavy atom. The highest BCUT2D eigenvalue weighted by molar-refractivity contribution is 6.36. The van der Waals surface area contributed by atoms with Crippen molar-refractivity contribution < 1.29 is 9.53 Å². The molecule has 2 aromatic heterocycles. The summed E-state index contributed by atoms with van der Waals surface area (Å²) in [6.07, 6.45) is 2.32. The van der Waals surface area contributed by atoms with Crippen molar-refractivity contribution in [2.45, 2.75) is 20.3 Å². The summed E-state index contributed by atoms with van der Waals surface area (Å²) in [5.41, 5.74) is 4.13. The fourth-order valence-corrected chi connectivity index (χ4v) is 3.16. The molecule has 0 amide bonds. The number of imidazole rings is 1. The van der Waals surface area contributed by atoms with E-state index in [1.54, 1.807) is 0 Å². The summed E-state index contributed by atoms with van der Waals surface area (Å²) in [6.45, 7) is 3.43. The first kappa shape index (κ1) is 15.3. The van der Waals surface area contributed by atoms with Crippen LogP contribution in [0.15, 0.2) is 24.4 Å². The number of benzene rings is 1. The number of rotatable bonds is 3. The fraction of sp³-hybridized carbons (Fsp3) is 0.235. The third-order valence-electron chi connectivity index (χ3n) is 3.84. The van der Waals surface area contributed by atoms with Crippen LogP contribution in [-0.2, 0) is 16.0 Å².